The van der Waals surface area contributed by atoms with Crippen LogP contribution in [0, 0.1) is 11.7 Å². The number of anilines is 1. The van der Waals surface area contributed by atoms with Gasteiger partial charge >= 0.3 is 0 Å². The van der Waals surface area contributed by atoms with Crippen molar-refractivity contribution >= 4 is 11.6 Å². The van der Waals surface area contributed by atoms with Crippen LogP contribution in [0.2, 0.25) is 0 Å². The number of halogens is 1. The molecule has 2 rings (SSSR count). The molecule has 0 saturated heterocycles. The maximum Gasteiger partial charge on any atom is 0.227 e. The first-order chi connectivity index (χ1) is 9.99. The summed E-state index contributed by atoms with van der Waals surface area (Å²) < 4.78 is 24.7. The van der Waals surface area contributed by atoms with Crippen LogP contribution in [-0.4, -0.2) is 24.7 Å². The Kier molecular flexibility index (Phi) is 5.17. The summed E-state index contributed by atoms with van der Waals surface area (Å²) in [5, 5.41) is 2.63. The van der Waals surface area contributed by atoms with E-state index in [0.717, 1.165) is 0 Å². The monoisotopic (exact) mass is 295 g/mol. The minimum atomic E-state index is -0.484. The molecule has 0 aromatic heterocycles. The van der Waals surface area contributed by atoms with Crippen molar-refractivity contribution in [3.05, 3.63) is 24.0 Å². The quantitative estimate of drug-likeness (QED) is 0.875. The summed E-state index contributed by atoms with van der Waals surface area (Å²) in [5.74, 6) is -0.266. The molecule has 0 aliphatic heterocycles. The predicted molar refractivity (Wildman–Crippen MR) is 78.9 cm³/mol. The molecule has 0 unspecified atom stereocenters. The van der Waals surface area contributed by atoms with Gasteiger partial charge in [0.15, 0.2) is 0 Å². The average Bonchev–Trinajstić information content (AvgIpc) is 2.35. The molecule has 1 fully saturated rings. The molecule has 4 nitrogen and oxygen atoms in total. The fourth-order valence-electron chi connectivity index (χ4n) is 2.33. The Bertz CT molecular complexity index is 498. The Morgan fingerprint density at radius 1 is 1.43 bits per heavy atom. The van der Waals surface area contributed by atoms with Gasteiger partial charge in [0.05, 0.1) is 17.9 Å². The number of benzene rings is 1. The molecule has 1 aliphatic carbocycles. The van der Waals surface area contributed by atoms with Gasteiger partial charge < -0.3 is 14.8 Å². The molecular formula is C16H22FNO3. The first-order valence-corrected chi connectivity index (χ1v) is 7.38. The molecule has 0 radical (unpaired) electrons. The van der Waals surface area contributed by atoms with Crippen molar-refractivity contribution in [1.82, 2.24) is 0 Å². The summed E-state index contributed by atoms with van der Waals surface area (Å²) in [6, 6.07) is 4.48. The number of carbonyl (C=O) groups is 1. The SMILES string of the molecule is CCOC1CC(C(=O)Nc2ccc(OC(C)C)cc2F)C1. The summed E-state index contributed by atoms with van der Waals surface area (Å²) in [5.41, 5.74) is 0.191. The van der Waals surface area contributed by atoms with E-state index in [1.807, 2.05) is 20.8 Å². The first-order valence-electron chi connectivity index (χ1n) is 7.38. The third-order valence-electron chi connectivity index (χ3n) is 3.44. The van der Waals surface area contributed by atoms with Crippen LogP contribution in [0.15, 0.2) is 18.2 Å². The molecule has 116 valence electrons. The summed E-state index contributed by atoms with van der Waals surface area (Å²) in [4.78, 5) is 12.0. The van der Waals surface area contributed by atoms with Crippen LogP contribution in [0.4, 0.5) is 10.1 Å². The lowest BCUT2D eigenvalue weighted by Gasteiger charge is -2.33. The third kappa shape index (κ3) is 4.17. The average molecular weight is 295 g/mol. The highest BCUT2D eigenvalue weighted by Gasteiger charge is 2.35. The third-order valence-corrected chi connectivity index (χ3v) is 3.44. The zero-order valence-electron chi connectivity index (χ0n) is 12.7. The highest BCUT2D eigenvalue weighted by Crippen LogP contribution is 2.31. The number of rotatable bonds is 6. The van der Waals surface area contributed by atoms with Gasteiger partial charge in [0, 0.05) is 18.6 Å². The number of nitrogens with one attached hydrogen (secondary N) is 1. The van der Waals surface area contributed by atoms with Gasteiger partial charge in [-0.1, -0.05) is 0 Å². The van der Waals surface area contributed by atoms with Gasteiger partial charge in [-0.2, -0.15) is 0 Å². The number of amides is 1. The minimum absolute atomic E-state index is 0.0182. The van der Waals surface area contributed by atoms with Crippen LogP contribution in [0.5, 0.6) is 5.75 Å². The molecule has 1 amide bonds. The summed E-state index contributed by atoms with van der Waals surface area (Å²) in [7, 11) is 0. The van der Waals surface area contributed by atoms with Gasteiger partial charge in [-0.15, -0.1) is 0 Å². The molecule has 21 heavy (non-hydrogen) atoms. The second kappa shape index (κ2) is 6.89. The Hall–Kier alpha value is -1.62. The smallest absolute Gasteiger partial charge is 0.227 e. The topological polar surface area (TPSA) is 47.6 Å². The van der Waals surface area contributed by atoms with E-state index in [4.69, 9.17) is 9.47 Å². The Labute approximate surface area is 124 Å². The Morgan fingerprint density at radius 2 is 2.14 bits per heavy atom. The molecule has 1 aromatic rings. The summed E-state index contributed by atoms with van der Waals surface area (Å²) in [6.07, 6.45) is 1.55. The summed E-state index contributed by atoms with van der Waals surface area (Å²) in [6.45, 7) is 6.34. The first kappa shape index (κ1) is 15.8. The molecule has 0 bridgehead atoms. The summed E-state index contributed by atoms with van der Waals surface area (Å²) >= 11 is 0. The molecular weight excluding hydrogens is 273 g/mol. The van der Waals surface area contributed by atoms with Crippen LogP contribution in [0.1, 0.15) is 33.6 Å². The van der Waals surface area contributed by atoms with E-state index < -0.39 is 5.82 Å². The van der Waals surface area contributed by atoms with Crippen LogP contribution in [0.25, 0.3) is 0 Å². The van der Waals surface area contributed by atoms with Gasteiger partial charge in [-0.3, -0.25) is 4.79 Å². The van der Waals surface area contributed by atoms with Crippen molar-refractivity contribution in [1.29, 1.82) is 0 Å². The van der Waals surface area contributed by atoms with E-state index in [-0.39, 0.29) is 29.7 Å². The number of hydrogen-bond donors (Lipinski definition) is 1. The molecule has 1 N–H and O–H groups in total. The molecule has 1 saturated carbocycles. The number of hydrogen-bond acceptors (Lipinski definition) is 3. The van der Waals surface area contributed by atoms with Crippen LogP contribution in [-0.2, 0) is 9.53 Å². The van der Waals surface area contributed by atoms with Crippen molar-refractivity contribution in [2.45, 2.75) is 45.8 Å². The minimum Gasteiger partial charge on any atom is -0.491 e. The molecule has 1 aliphatic rings. The fourth-order valence-corrected chi connectivity index (χ4v) is 2.33. The number of carbonyl (C=O) groups excluding carboxylic acids is 1. The van der Waals surface area contributed by atoms with E-state index in [1.165, 1.54) is 12.1 Å². The lowest BCUT2D eigenvalue weighted by molar-refractivity contribution is -0.128. The second-order valence-corrected chi connectivity index (χ2v) is 5.54. The Balaban J connectivity index is 1.90. The largest absolute Gasteiger partial charge is 0.491 e. The molecule has 0 atom stereocenters. The van der Waals surface area contributed by atoms with E-state index in [9.17, 15) is 9.18 Å². The number of ether oxygens (including phenoxy) is 2. The van der Waals surface area contributed by atoms with Crippen LogP contribution in [0.3, 0.4) is 0 Å². The maximum absolute atomic E-state index is 13.9. The highest BCUT2D eigenvalue weighted by molar-refractivity contribution is 5.93. The van der Waals surface area contributed by atoms with Gasteiger partial charge in [0.25, 0.3) is 0 Å². The second-order valence-electron chi connectivity index (χ2n) is 5.54. The lowest BCUT2D eigenvalue weighted by atomic mass is 9.81. The van der Waals surface area contributed by atoms with Crippen molar-refractivity contribution in [2.75, 3.05) is 11.9 Å². The van der Waals surface area contributed by atoms with Crippen molar-refractivity contribution < 1.29 is 18.7 Å². The lowest BCUT2D eigenvalue weighted by Crippen LogP contribution is -2.39. The van der Waals surface area contributed by atoms with Gasteiger partial charge in [0.2, 0.25) is 5.91 Å². The maximum atomic E-state index is 13.9. The molecule has 0 spiro atoms. The van der Waals surface area contributed by atoms with Crippen LogP contribution >= 0.6 is 0 Å². The normalized spacial score (nSPS) is 21.0. The van der Waals surface area contributed by atoms with Gasteiger partial charge in [0.1, 0.15) is 11.6 Å². The highest BCUT2D eigenvalue weighted by atomic mass is 19.1. The zero-order valence-corrected chi connectivity index (χ0v) is 12.7. The van der Waals surface area contributed by atoms with E-state index >= 15 is 0 Å². The van der Waals surface area contributed by atoms with Crippen LogP contribution < -0.4 is 10.1 Å². The molecule has 5 heteroatoms. The van der Waals surface area contributed by atoms with E-state index in [0.29, 0.717) is 25.2 Å². The zero-order chi connectivity index (χ0) is 15.4. The molecule has 0 heterocycles. The van der Waals surface area contributed by atoms with Gasteiger partial charge in [-0.05, 0) is 45.7 Å². The van der Waals surface area contributed by atoms with Crippen molar-refractivity contribution in [3.63, 3.8) is 0 Å². The standard InChI is InChI=1S/C16H22FNO3/c1-4-20-13-7-11(8-13)16(19)18-15-6-5-12(9-14(15)17)21-10(2)3/h5-6,9-11,13H,4,7-8H2,1-3H3,(H,18,19). The van der Waals surface area contributed by atoms with Crippen molar-refractivity contribution in [2.24, 2.45) is 5.92 Å². The Morgan fingerprint density at radius 3 is 2.71 bits per heavy atom. The van der Waals surface area contributed by atoms with Crippen molar-refractivity contribution in [3.8, 4) is 5.75 Å². The van der Waals surface area contributed by atoms with E-state index in [1.54, 1.807) is 6.07 Å². The van der Waals surface area contributed by atoms with E-state index in [2.05, 4.69) is 5.32 Å². The van der Waals surface area contributed by atoms with Gasteiger partial charge in [-0.25, -0.2) is 4.39 Å². The predicted octanol–water partition coefficient (Wildman–Crippen LogP) is 3.37. The molecule has 1 aromatic carbocycles. The fraction of sp³-hybridized carbons (Fsp3) is 0.562.